The molecule has 0 aliphatic heterocycles. The number of anilines is 1. The Hall–Kier alpha value is -2.58. The minimum atomic E-state index is -0.147. The van der Waals surface area contributed by atoms with Crippen LogP contribution in [0.2, 0.25) is 5.02 Å². The summed E-state index contributed by atoms with van der Waals surface area (Å²) >= 11 is 5.76. The van der Waals surface area contributed by atoms with Crippen LogP contribution >= 0.6 is 11.6 Å². The first-order valence-electron chi connectivity index (χ1n) is 6.33. The first kappa shape index (κ1) is 14.8. The van der Waals surface area contributed by atoms with E-state index in [1.807, 2.05) is 6.07 Å². The monoisotopic (exact) mass is 300 g/mol. The summed E-state index contributed by atoms with van der Waals surface area (Å²) in [4.78, 5) is 15.8. The van der Waals surface area contributed by atoms with Crippen molar-refractivity contribution in [3.63, 3.8) is 0 Å². The molecule has 0 aliphatic carbocycles. The van der Waals surface area contributed by atoms with Gasteiger partial charge in [0.25, 0.3) is 5.91 Å². The van der Waals surface area contributed by atoms with Crippen LogP contribution in [-0.4, -0.2) is 24.0 Å². The summed E-state index contributed by atoms with van der Waals surface area (Å²) in [5, 5.41) is 15.1. The van der Waals surface area contributed by atoms with Gasteiger partial charge in [-0.3, -0.25) is 4.79 Å². The summed E-state index contributed by atoms with van der Waals surface area (Å²) < 4.78 is 0. The van der Waals surface area contributed by atoms with Crippen LogP contribution in [0.3, 0.4) is 0 Å². The van der Waals surface area contributed by atoms with E-state index >= 15 is 0 Å². The van der Waals surface area contributed by atoms with Crippen LogP contribution in [0.4, 0.5) is 5.69 Å². The largest absolute Gasteiger partial charge is 0.382 e. The fraction of sp³-hybridized carbons (Fsp3) is 0.133. The van der Waals surface area contributed by atoms with Crippen LogP contribution in [0.1, 0.15) is 16.1 Å². The molecule has 0 aliphatic rings. The summed E-state index contributed by atoms with van der Waals surface area (Å²) in [6, 6.07) is 12.1. The fourth-order valence-corrected chi connectivity index (χ4v) is 1.78. The Morgan fingerprint density at radius 3 is 2.57 bits per heavy atom. The molecule has 0 unspecified atom stereocenters. The van der Waals surface area contributed by atoms with Gasteiger partial charge in [-0.2, -0.15) is 5.26 Å². The molecule has 1 amide bonds. The third-order valence-electron chi connectivity index (χ3n) is 2.72. The van der Waals surface area contributed by atoms with Crippen molar-refractivity contribution in [3.05, 3.63) is 58.9 Å². The lowest BCUT2D eigenvalue weighted by atomic mass is 10.2. The Morgan fingerprint density at radius 2 is 1.95 bits per heavy atom. The third-order valence-corrected chi connectivity index (χ3v) is 2.98. The van der Waals surface area contributed by atoms with Gasteiger partial charge >= 0.3 is 0 Å². The summed E-state index contributed by atoms with van der Waals surface area (Å²) in [6.07, 6.45) is 1.58. The zero-order valence-corrected chi connectivity index (χ0v) is 11.9. The molecule has 1 aromatic heterocycles. The lowest BCUT2D eigenvalue weighted by molar-refractivity contribution is 0.0955. The Morgan fingerprint density at radius 1 is 1.19 bits per heavy atom. The molecule has 2 rings (SSSR count). The highest BCUT2D eigenvalue weighted by Crippen LogP contribution is 2.09. The van der Waals surface area contributed by atoms with Gasteiger partial charge < -0.3 is 10.6 Å². The van der Waals surface area contributed by atoms with E-state index in [0.717, 1.165) is 5.69 Å². The zero-order chi connectivity index (χ0) is 15.1. The lowest BCUT2D eigenvalue weighted by Crippen LogP contribution is -2.28. The molecule has 0 saturated heterocycles. The molecule has 6 heteroatoms. The number of nitriles is 1. The number of halogens is 1. The van der Waals surface area contributed by atoms with Crippen molar-refractivity contribution in [1.29, 1.82) is 5.26 Å². The van der Waals surface area contributed by atoms with E-state index in [2.05, 4.69) is 15.6 Å². The molecular formula is C15H13ClN4O. The molecule has 2 aromatic rings. The maximum atomic E-state index is 11.8. The predicted octanol–water partition coefficient (Wildman–Crippen LogP) is 2.45. The molecule has 0 bridgehead atoms. The Kier molecular flexibility index (Phi) is 5.13. The average Bonchev–Trinajstić information content (AvgIpc) is 2.52. The Labute approximate surface area is 127 Å². The van der Waals surface area contributed by atoms with Crippen molar-refractivity contribution in [3.8, 4) is 6.07 Å². The van der Waals surface area contributed by atoms with Crippen molar-refractivity contribution < 1.29 is 4.79 Å². The SMILES string of the molecule is N#Cc1ccc(NCCNC(=O)c2ccc(Cl)cc2)cn1. The molecule has 21 heavy (non-hydrogen) atoms. The highest BCUT2D eigenvalue weighted by atomic mass is 35.5. The second-order valence-electron chi connectivity index (χ2n) is 4.23. The number of rotatable bonds is 5. The van der Waals surface area contributed by atoms with Gasteiger partial charge in [0.05, 0.1) is 11.9 Å². The maximum Gasteiger partial charge on any atom is 0.251 e. The number of aromatic nitrogens is 1. The number of amides is 1. The molecule has 1 heterocycles. The minimum absolute atomic E-state index is 0.147. The predicted molar refractivity (Wildman–Crippen MR) is 81.2 cm³/mol. The second kappa shape index (κ2) is 7.27. The number of nitrogens with one attached hydrogen (secondary N) is 2. The Balaban J connectivity index is 1.75. The van der Waals surface area contributed by atoms with Crippen molar-refractivity contribution in [2.24, 2.45) is 0 Å². The molecule has 0 saturated carbocycles. The number of pyridine rings is 1. The van der Waals surface area contributed by atoms with E-state index in [1.165, 1.54) is 0 Å². The molecule has 0 spiro atoms. The van der Waals surface area contributed by atoms with Gasteiger partial charge in [-0.15, -0.1) is 0 Å². The summed E-state index contributed by atoms with van der Waals surface area (Å²) in [6.45, 7) is 1.04. The van der Waals surface area contributed by atoms with Crippen molar-refractivity contribution in [2.45, 2.75) is 0 Å². The van der Waals surface area contributed by atoms with Gasteiger partial charge in [0, 0.05) is 23.7 Å². The first-order valence-corrected chi connectivity index (χ1v) is 6.70. The maximum absolute atomic E-state index is 11.8. The van der Waals surface area contributed by atoms with Crippen LogP contribution in [0.25, 0.3) is 0 Å². The minimum Gasteiger partial charge on any atom is -0.382 e. The smallest absolute Gasteiger partial charge is 0.251 e. The number of hydrogen-bond acceptors (Lipinski definition) is 4. The molecule has 0 radical (unpaired) electrons. The average molecular weight is 301 g/mol. The lowest BCUT2D eigenvalue weighted by Gasteiger charge is -2.08. The molecule has 106 valence electrons. The van der Waals surface area contributed by atoms with Gasteiger partial charge in [0.15, 0.2) is 0 Å². The van der Waals surface area contributed by atoms with Crippen LogP contribution in [0.5, 0.6) is 0 Å². The van der Waals surface area contributed by atoms with Gasteiger partial charge in [0.1, 0.15) is 11.8 Å². The molecule has 5 nitrogen and oxygen atoms in total. The standard InChI is InChI=1S/C15H13ClN4O/c16-12-3-1-11(2-4-12)15(21)19-8-7-18-14-6-5-13(9-17)20-10-14/h1-6,10,18H,7-8H2,(H,19,21). The molecular weight excluding hydrogens is 288 g/mol. The van der Waals surface area contributed by atoms with Crippen LogP contribution in [0, 0.1) is 11.3 Å². The highest BCUT2D eigenvalue weighted by Gasteiger charge is 2.03. The molecule has 0 atom stereocenters. The number of nitrogens with zero attached hydrogens (tertiary/aromatic N) is 2. The van der Waals surface area contributed by atoms with Crippen LogP contribution in [0.15, 0.2) is 42.6 Å². The van der Waals surface area contributed by atoms with E-state index in [9.17, 15) is 4.79 Å². The van der Waals surface area contributed by atoms with E-state index in [-0.39, 0.29) is 5.91 Å². The summed E-state index contributed by atoms with van der Waals surface area (Å²) in [5.41, 5.74) is 1.74. The Bertz CT molecular complexity index is 647. The van der Waals surface area contributed by atoms with Crippen LogP contribution in [-0.2, 0) is 0 Å². The number of hydrogen-bond donors (Lipinski definition) is 2. The summed E-state index contributed by atoms with van der Waals surface area (Å²) in [5.74, 6) is -0.147. The molecule has 2 N–H and O–H groups in total. The van der Waals surface area contributed by atoms with E-state index < -0.39 is 0 Å². The number of carbonyl (C=O) groups is 1. The van der Waals surface area contributed by atoms with Crippen LogP contribution < -0.4 is 10.6 Å². The molecule has 0 fully saturated rings. The van der Waals surface area contributed by atoms with Gasteiger partial charge in [-0.05, 0) is 36.4 Å². The number of carbonyl (C=O) groups excluding carboxylic acids is 1. The first-order chi connectivity index (χ1) is 10.2. The topological polar surface area (TPSA) is 77.8 Å². The summed E-state index contributed by atoms with van der Waals surface area (Å²) in [7, 11) is 0. The normalized spacial score (nSPS) is 9.71. The van der Waals surface area contributed by atoms with Crippen molar-refractivity contribution in [2.75, 3.05) is 18.4 Å². The van der Waals surface area contributed by atoms with E-state index in [0.29, 0.717) is 29.4 Å². The van der Waals surface area contributed by atoms with Crippen molar-refractivity contribution >= 4 is 23.2 Å². The van der Waals surface area contributed by atoms with Gasteiger partial charge in [0.2, 0.25) is 0 Å². The molecule has 1 aromatic carbocycles. The second-order valence-corrected chi connectivity index (χ2v) is 4.67. The van der Waals surface area contributed by atoms with Gasteiger partial charge in [-0.25, -0.2) is 4.98 Å². The highest BCUT2D eigenvalue weighted by molar-refractivity contribution is 6.30. The van der Waals surface area contributed by atoms with Crippen molar-refractivity contribution in [1.82, 2.24) is 10.3 Å². The van der Waals surface area contributed by atoms with E-state index in [4.69, 9.17) is 16.9 Å². The fourth-order valence-electron chi connectivity index (χ4n) is 1.65. The zero-order valence-electron chi connectivity index (χ0n) is 11.1. The quantitative estimate of drug-likeness (QED) is 0.831. The third kappa shape index (κ3) is 4.48. The van der Waals surface area contributed by atoms with E-state index in [1.54, 1.807) is 42.6 Å². The van der Waals surface area contributed by atoms with Gasteiger partial charge in [-0.1, -0.05) is 11.6 Å². The number of benzene rings is 1.